The maximum absolute atomic E-state index is 4.85. The smallest absolute Gasteiger partial charge is 0.148 e. The highest BCUT2D eigenvalue weighted by Crippen LogP contribution is 2.34. The van der Waals surface area contributed by atoms with Crippen LogP contribution in [0.4, 0.5) is 17.2 Å². The summed E-state index contributed by atoms with van der Waals surface area (Å²) in [5.74, 6) is 0.899. The maximum Gasteiger partial charge on any atom is 0.148 e. The molecular weight excluding hydrogens is 442 g/mol. The molecule has 3 aromatic rings. The van der Waals surface area contributed by atoms with Crippen molar-refractivity contribution in [1.82, 2.24) is 4.98 Å². The minimum Gasteiger partial charge on any atom is -0.372 e. The summed E-state index contributed by atoms with van der Waals surface area (Å²) in [6.45, 7) is 15.9. The van der Waals surface area contributed by atoms with Crippen LogP contribution in [-0.2, 0) is 0 Å². The molecule has 1 aromatic heterocycles. The monoisotopic (exact) mass is 481 g/mol. The normalized spacial score (nSPS) is 13.6. The first-order valence-corrected chi connectivity index (χ1v) is 13.3. The molecule has 0 spiro atoms. The van der Waals surface area contributed by atoms with Crippen molar-refractivity contribution in [3.63, 3.8) is 0 Å². The van der Waals surface area contributed by atoms with E-state index in [9.17, 15) is 0 Å². The third kappa shape index (κ3) is 5.62. The van der Waals surface area contributed by atoms with Gasteiger partial charge in [0, 0.05) is 56.7 Å². The Hall–Kier alpha value is -3.60. The minimum atomic E-state index is 0.858. The number of hydrogen-bond donors (Lipinski definition) is 0. The predicted molar refractivity (Wildman–Crippen MR) is 156 cm³/mol. The highest BCUT2D eigenvalue weighted by Gasteiger charge is 2.17. The summed E-state index contributed by atoms with van der Waals surface area (Å²) in [6.07, 6.45) is 4.97. The molecule has 5 nitrogen and oxygen atoms in total. The lowest BCUT2D eigenvalue weighted by Gasteiger charge is -2.24. The van der Waals surface area contributed by atoms with Gasteiger partial charge in [-0.3, -0.25) is 0 Å². The van der Waals surface area contributed by atoms with Gasteiger partial charge in [0.2, 0.25) is 0 Å². The summed E-state index contributed by atoms with van der Waals surface area (Å²) in [6, 6.07) is 21.9. The second-order valence-corrected chi connectivity index (χ2v) is 9.10. The van der Waals surface area contributed by atoms with Crippen LogP contribution in [0.3, 0.4) is 0 Å². The molecule has 0 amide bonds. The lowest BCUT2D eigenvalue weighted by Crippen LogP contribution is -2.22. The fraction of sp³-hybridized carbons (Fsp3) is 0.355. The summed E-state index contributed by atoms with van der Waals surface area (Å²) in [5, 5.41) is 6.84. The van der Waals surface area contributed by atoms with Gasteiger partial charge in [-0.15, -0.1) is 0 Å². The zero-order valence-corrected chi connectivity index (χ0v) is 22.4. The van der Waals surface area contributed by atoms with Crippen molar-refractivity contribution in [2.45, 2.75) is 41.0 Å². The van der Waals surface area contributed by atoms with Crippen molar-refractivity contribution >= 4 is 28.5 Å². The van der Waals surface area contributed by atoms with E-state index in [-0.39, 0.29) is 0 Å². The summed E-state index contributed by atoms with van der Waals surface area (Å²) in [4.78, 5) is 9.24. The number of pyridine rings is 1. The SMILES string of the molecule is CCN(CC)c1ccc(-c2cc(N(CC)CC)ccc2C(C)=CC2=NN(c3ccccn3)CC2)cc1. The first-order valence-electron chi connectivity index (χ1n) is 13.3. The van der Waals surface area contributed by atoms with Gasteiger partial charge in [0.15, 0.2) is 0 Å². The lowest BCUT2D eigenvalue weighted by atomic mass is 9.93. The minimum absolute atomic E-state index is 0.858. The van der Waals surface area contributed by atoms with E-state index in [1.165, 1.54) is 33.6 Å². The van der Waals surface area contributed by atoms with Gasteiger partial charge < -0.3 is 9.80 Å². The van der Waals surface area contributed by atoms with Crippen LogP contribution in [0.15, 0.2) is 78.0 Å². The molecule has 2 heterocycles. The highest BCUT2D eigenvalue weighted by molar-refractivity contribution is 6.03. The highest BCUT2D eigenvalue weighted by atomic mass is 15.5. The van der Waals surface area contributed by atoms with Gasteiger partial charge >= 0.3 is 0 Å². The van der Waals surface area contributed by atoms with Crippen LogP contribution in [0.25, 0.3) is 16.7 Å². The Morgan fingerprint density at radius 2 is 1.53 bits per heavy atom. The molecule has 0 bridgehead atoms. The van der Waals surface area contributed by atoms with Crippen molar-refractivity contribution in [1.29, 1.82) is 0 Å². The number of nitrogens with zero attached hydrogens (tertiary/aromatic N) is 5. The topological polar surface area (TPSA) is 35.0 Å². The predicted octanol–water partition coefficient (Wildman–Crippen LogP) is 7.11. The zero-order chi connectivity index (χ0) is 25.5. The van der Waals surface area contributed by atoms with Gasteiger partial charge in [0.1, 0.15) is 5.82 Å². The Morgan fingerprint density at radius 3 is 2.17 bits per heavy atom. The van der Waals surface area contributed by atoms with Crippen molar-refractivity contribution in [2.24, 2.45) is 5.10 Å². The van der Waals surface area contributed by atoms with Crippen molar-refractivity contribution in [3.05, 3.63) is 78.5 Å². The molecule has 5 heteroatoms. The molecule has 0 aliphatic carbocycles. The third-order valence-corrected chi connectivity index (χ3v) is 6.99. The van der Waals surface area contributed by atoms with E-state index in [0.717, 1.165) is 50.7 Å². The second kappa shape index (κ2) is 11.9. The summed E-state index contributed by atoms with van der Waals surface area (Å²) >= 11 is 0. The molecule has 0 atom stereocenters. The van der Waals surface area contributed by atoms with Crippen LogP contribution in [0.2, 0.25) is 0 Å². The molecular formula is C31H39N5. The molecule has 0 unspecified atom stereocenters. The van der Waals surface area contributed by atoms with Crippen molar-refractivity contribution in [3.8, 4) is 11.1 Å². The lowest BCUT2D eigenvalue weighted by molar-refractivity contribution is 0.866. The molecule has 0 saturated heterocycles. The quantitative estimate of drug-likeness (QED) is 0.309. The number of hydrazone groups is 1. The summed E-state index contributed by atoms with van der Waals surface area (Å²) < 4.78 is 0. The number of allylic oxidation sites excluding steroid dienone is 2. The first kappa shape index (κ1) is 25.5. The Labute approximate surface area is 216 Å². The molecule has 0 radical (unpaired) electrons. The van der Waals surface area contributed by atoms with E-state index >= 15 is 0 Å². The van der Waals surface area contributed by atoms with Crippen LogP contribution >= 0.6 is 0 Å². The van der Waals surface area contributed by atoms with E-state index < -0.39 is 0 Å². The Morgan fingerprint density at radius 1 is 0.861 bits per heavy atom. The average molecular weight is 482 g/mol. The molecule has 2 aromatic carbocycles. The average Bonchev–Trinajstić information content (AvgIpc) is 3.39. The number of rotatable bonds is 10. The van der Waals surface area contributed by atoms with Gasteiger partial charge in [0.05, 0.1) is 5.71 Å². The van der Waals surface area contributed by atoms with Crippen molar-refractivity contribution in [2.75, 3.05) is 47.5 Å². The third-order valence-electron chi connectivity index (χ3n) is 6.99. The largest absolute Gasteiger partial charge is 0.372 e. The van der Waals surface area contributed by atoms with Gasteiger partial charge in [0.25, 0.3) is 0 Å². The van der Waals surface area contributed by atoms with Crippen LogP contribution in [0.5, 0.6) is 0 Å². The van der Waals surface area contributed by atoms with Gasteiger partial charge in [-0.1, -0.05) is 24.3 Å². The Bertz CT molecular complexity index is 1190. The van der Waals surface area contributed by atoms with E-state index in [2.05, 4.69) is 97.9 Å². The number of aromatic nitrogens is 1. The van der Waals surface area contributed by atoms with Crippen LogP contribution < -0.4 is 14.8 Å². The van der Waals surface area contributed by atoms with Gasteiger partial charge in [-0.2, -0.15) is 5.10 Å². The molecule has 1 aliphatic rings. The van der Waals surface area contributed by atoms with E-state index in [1.807, 2.05) is 29.4 Å². The van der Waals surface area contributed by atoms with Gasteiger partial charge in [-0.25, -0.2) is 9.99 Å². The van der Waals surface area contributed by atoms with Crippen LogP contribution in [0.1, 0.15) is 46.6 Å². The maximum atomic E-state index is 4.85. The summed E-state index contributed by atoms with van der Waals surface area (Å²) in [7, 11) is 0. The molecule has 188 valence electrons. The molecule has 0 N–H and O–H groups in total. The standard InChI is InChI=1S/C31H39N5/c1-6-34(7-2)27-15-13-25(14-16-27)30-23-28(35(8-3)9-4)17-18-29(30)24(5)22-26-19-21-36(33-26)31-12-10-11-20-32-31/h10-18,20,22-23H,6-9,19,21H2,1-5H3. The van der Waals surface area contributed by atoms with Crippen LogP contribution in [0, 0.1) is 0 Å². The molecule has 4 rings (SSSR count). The first-order chi connectivity index (χ1) is 17.6. The number of anilines is 3. The molecule has 36 heavy (non-hydrogen) atoms. The fourth-order valence-corrected chi connectivity index (χ4v) is 4.92. The van der Waals surface area contributed by atoms with E-state index in [4.69, 9.17) is 5.10 Å². The fourth-order valence-electron chi connectivity index (χ4n) is 4.92. The Kier molecular flexibility index (Phi) is 8.42. The zero-order valence-electron chi connectivity index (χ0n) is 22.4. The number of benzene rings is 2. The number of hydrogen-bond acceptors (Lipinski definition) is 5. The van der Waals surface area contributed by atoms with Gasteiger partial charge in [-0.05, 0) is 99.4 Å². The van der Waals surface area contributed by atoms with E-state index in [0.29, 0.717) is 0 Å². The van der Waals surface area contributed by atoms with Crippen molar-refractivity contribution < 1.29 is 0 Å². The summed E-state index contributed by atoms with van der Waals surface area (Å²) in [5.41, 5.74) is 8.61. The Balaban J connectivity index is 1.70. The molecule has 0 fully saturated rings. The molecule has 1 aliphatic heterocycles. The molecule has 0 saturated carbocycles. The second-order valence-electron chi connectivity index (χ2n) is 9.10. The van der Waals surface area contributed by atoms with Crippen LogP contribution in [-0.4, -0.2) is 43.4 Å². The van der Waals surface area contributed by atoms with E-state index in [1.54, 1.807) is 0 Å².